The third-order valence-electron chi connectivity index (χ3n) is 3.09. The lowest BCUT2D eigenvalue weighted by molar-refractivity contribution is -0.263. The molecule has 1 N–H and O–H groups in total. The molecule has 0 atom stereocenters. The molecule has 0 fully saturated rings. The second-order valence-electron chi connectivity index (χ2n) is 6.57. The Hall–Kier alpha value is -0.810. The smallest absolute Gasteiger partial charge is 0.155 e. The van der Waals surface area contributed by atoms with Crippen molar-refractivity contribution in [3.8, 4) is 0 Å². The van der Waals surface area contributed by atoms with Gasteiger partial charge in [-0.2, -0.15) is 0 Å². The number of aliphatic hydroxyl groups is 1. The molecule has 0 saturated carbocycles. The first-order valence-electron chi connectivity index (χ1n) is 7.25. The SMILES string of the molecule is CCC(O)(CC)CCOC(C)(C)N=C([O-])OC(C)(C)C. The van der Waals surface area contributed by atoms with Gasteiger partial charge in [0.25, 0.3) is 0 Å². The lowest BCUT2D eigenvalue weighted by Gasteiger charge is -2.32. The van der Waals surface area contributed by atoms with Gasteiger partial charge in [0.1, 0.15) is 6.08 Å². The molecule has 0 heterocycles. The molecule has 0 aliphatic heterocycles. The molecule has 0 spiro atoms. The highest BCUT2D eigenvalue weighted by Crippen LogP contribution is 2.21. The van der Waals surface area contributed by atoms with Gasteiger partial charge in [-0.05, 0) is 33.1 Å². The van der Waals surface area contributed by atoms with Crippen molar-refractivity contribution in [3.63, 3.8) is 0 Å². The Morgan fingerprint density at radius 2 is 1.60 bits per heavy atom. The number of hydrogen-bond acceptors (Lipinski definition) is 5. The van der Waals surface area contributed by atoms with Gasteiger partial charge < -0.3 is 19.7 Å². The van der Waals surface area contributed by atoms with E-state index in [1.807, 2.05) is 13.8 Å². The summed E-state index contributed by atoms with van der Waals surface area (Å²) in [5, 5.41) is 21.8. The van der Waals surface area contributed by atoms with Crippen molar-refractivity contribution >= 4 is 6.08 Å². The van der Waals surface area contributed by atoms with Crippen molar-refractivity contribution in [2.45, 2.75) is 84.7 Å². The lowest BCUT2D eigenvalue weighted by Crippen LogP contribution is -2.36. The first kappa shape index (κ1) is 19.2. The highest BCUT2D eigenvalue weighted by molar-refractivity contribution is 5.62. The van der Waals surface area contributed by atoms with E-state index in [-0.39, 0.29) is 0 Å². The van der Waals surface area contributed by atoms with Crippen LogP contribution in [0.25, 0.3) is 0 Å². The third kappa shape index (κ3) is 8.38. The number of rotatable bonds is 7. The van der Waals surface area contributed by atoms with Gasteiger partial charge in [0, 0.05) is 5.60 Å². The van der Waals surface area contributed by atoms with E-state index in [4.69, 9.17) is 9.47 Å². The third-order valence-corrected chi connectivity index (χ3v) is 3.09. The zero-order valence-corrected chi connectivity index (χ0v) is 13.9. The number of aliphatic imine (C=N–C) groups is 1. The fourth-order valence-electron chi connectivity index (χ4n) is 1.63. The molecular formula is C15H30NO4-. The van der Waals surface area contributed by atoms with Crippen molar-refractivity contribution in [2.24, 2.45) is 4.99 Å². The van der Waals surface area contributed by atoms with E-state index in [1.54, 1.807) is 34.6 Å². The molecule has 0 aromatic heterocycles. The van der Waals surface area contributed by atoms with Crippen LogP contribution < -0.4 is 5.11 Å². The molecule has 0 saturated heterocycles. The predicted octanol–water partition coefficient (Wildman–Crippen LogP) is 2.21. The molecule has 0 unspecified atom stereocenters. The summed E-state index contributed by atoms with van der Waals surface area (Å²) in [5.74, 6) is 0. The van der Waals surface area contributed by atoms with E-state index >= 15 is 0 Å². The minimum atomic E-state index is -0.954. The number of nitrogens with zero attached hydrogens (tertiary/aromatic N) is 1. The van der Waals surface area contributed by atoms with Crippen LogP contribution in [0.15, 0.2) is 4.99 Å². The molecule has 5 nitrogen and oxygen atoms in total. The van der Waals surface area contributed by atoms with Gasteiger partial charge in [0.15, 0.2) is 5.72 Å². The second-order valence-corrected chi connectivity index (χ2v) is 6.57. The summed E-state index contributed by atoms with van der Waals surface area (Å²) in [6.07, 6.45) is 1.24. The zero-order valence-electron chi connectivity index (χ0n) is 13.9. The van der Waals surface area contributed by atoms with Crippen LogP contribution in [0.4, 0.5) is 0 Å². The van der Waals surface area contributed by atoms with Gasteiger partial charge in [-0.3, -0.25) is 0 Å². The second kappa shape index (κ2) is 7.27. The molecule has 0 radical (unpaired) electrons. The average molecular weight is 288 g/mol. The minimum absolute atomic E-state index is 0.345. The molecule has 5 heteroatoms. The van der Waals surface area contributed by atoms with E-state index < -0.39 is 23.0 Å². The maximum Gasteiger partial charge on any atom is 0.155 e. The maximum absolute atomic E-state index is 11.6. The van der Waals surface area contributed by atoms with Crippen molar-refractivity contribution in [1.29, 1.82) is 0 Å². The summed E-state index contributed by atoms with van der Waals surface area (Å²) in [6.45, 7) is 13.0. The Labute approximate surface area is 123 Å². The van der Waals surface area contributed by atoms with Crippen molar-refractivity contribution in [2.75, 3.05) is 6.61 Å². The van der Waals surface area contributed by atoms with Gasteiger partial charge in [-0.15, -0.1) is 0 Å². The monoisotopic (exact) mass is 288 g/mol. The first-order chi connectivity index (χ1) is 8.93. The van der Waals surface area contributed by atoms with Gasteiger partial charge in [0.05, 0.1) is 12.2 Å². The van der Waals surface area contributed by atoms with Crippen LogP contribution in [0, 0.1) is 0 Å². The summed E-state index contributed by atoms with van der Waals surface area (Å²) < 4.78 is 10.7. The van der Waals surface area contributed by atoms with Gasteiger partial charge >= 0.3 is 0 Å². The molecular weight excluding hydrogens is 258 g/mol. The summed E-state index contributed by atoms with van der Waals surface area (Å²) in [4.78, 5) is 3.90. The van der Waals surface area contributed by atoms with Crippen LogP contribution in [-0.4, -0.2) is 34.7 Å². The fourth-order valence-corrected chi connectivity index (χ4v) is 1.63. The van der Waals surface area contributed by atoms with Gasteiger partial charge in [0.2, 0.25) is 0 Å². The molecule has 0 aromatic carbocycles. The summed E-state index contributed by atoms with van der Waals surface area (Å²) >= 11 is 0. The van der Waals surface area contributed by atoms with Crippen molar-refractivity contribution in [1.82, 2.24) is 0 Å². The van der Waals surface area contributed by atoms with Crippen molar-refractivity contribution in [3.05, 3.63) is 0 Å². The topological polar surface area (TPSA) is 74.1 Å². The van der Waals surface area contributed by atoms with Crippen LogP contribution in [-0.2, 0) is 9.47 Å². The number of ether oxygens (including phenoxy) is 2. The maximum atomic E-state index is 11.6. The quantitative estimate of drug-likeness (QED) is 0.576. The molecule has 0 amide bonds. The molecule has 0 aromatic rings. The van der Waals surface area contributed by atoms with Crippen LogP contribution in [0.2, 0.25) is 0 Å². The van der Waals surface area contributed by atoms with Crippen LogP contribution in [0.1, 0.15) is 67.7 Å². The normalized spacial score (nSPS) is 14.5. The molecule has 0 rings (SSSR count). The summed E-state index contributed by atoms with van der Waals surface area (Å²) in [5.41, 5.74) is -2.23. The Morgan fingerprint density at radius 3 is 2.00 bits per heavy atom. The Kier molecular flexibility index (Phi) is 6.98. The Morgan fingerprint density at radius 1 is 1.10 bits per heavy atom. The van der Waals surface area contributed by atoms with Gasteiger partial charge in [-0.25, -0.2) is 4.99 Å². The highest BCUT2D eigenvalue weighted by Gasteiger charge is 2.24. The van der Waals surface area contributed by atoms with E-state index in [2.05, 4.69) is 4.99 Å². The highest BCUT2D eigenvalue weighted by atomic mass is 16.6. The summed E-state index contributed by atoms with van der Waals surface area (Å²) in [6, 6.07) is 0. The largest absolute Gasteiger partial charge is 0.595 e. The standard InChI is InChI=1S/C15H31NO4/c1-8-15(18,9-2)10-11-19-14(6,7)16-12(17)20-13(3,4)5/h18H,8-11H2,1-7H3,(H,16,17)/p-1. The minimum Gasteiger partial charge on any atom is -0.595 e. The van der Waals surface area contributed by atoms with Crippen LogP contribution in [0.3, 0.4) is 0 Å². The van der Waals surface area contributed by atoms with E-state index in [0.29, 0.717) is 25.9 Å². The van der Waals surface area contributed by atoms with E-state index in [9.17, 15) is 10.2 Å². The molecule has 20 heavy (non-hydrogen) atoms. The molecule has 0 aliphatic rings. The predicted molar refractivity (Wildman–Crippen MR) is 78.5 cm³/mol. The van der Waals surface area contributed by atoms with E-state index in [0.717, 1.165) is 0 Å². The van der Waals surface area contributed by atoms with Gasteiger partial charge in [-0.1, -0.05) is 34.6 Å². The average Bonchev–Trinajstić information content (AvgIpc) is 2.24. The Balaban J connectivity index is 4.42. The molecule has 0 bridgehead atoms. The Bertz CT molecular complexity index is 314. The molecule has 120 valence electrons. The van der Waals surface area contributed by atoms with Crippen LogP contribution in [0.5, 0.6) is 0 Å². The summed E-state index contributed by atoms with van der Waals surface area (Å²) in [7, 11) is 0. The first-order valence-corrected chi connectivity index (χ1v) is 7.25. The van der Waals surface area contributed by atoms with Crippen molar-refractivity contribution < 1.29 is 19.7 Å². The zero-order chi connectivity index (χ0) is 16.0. The molecule has 0 aliphatic carbocycles. The van der Waals surface area contributed by atoms with E-state index in [1.165, 1.54) is 0 Å². The van der Waals surface area contributed by atoms with Crippen LogP contribution >= 0.6 is 0 Å². The number of hydrogen-bond donors (Lipinski definition) is 1. The fraction of sp³-hybridized carbons (Fsp3) is 0.933. The lowest BCUT2D eigenvalue weighted by atomic mass is 9.94.